The van der Waals surface area contributed by atoms with Crippen molar-refractivity contribution < 1.29 is 4.74 Å². The molecule has 0 heterocycles. The van der Waals surface area contributed by atoms with E-state index in [1.54, 1.807) is 0 Å². The van der Waals surface area contributed by atoms with Crippen LogP contribution in [-0.4, -0.2) is 25.8 Å². The monoisotopic (exact) mass is 293 g/mol. The van der Waals surface area contributed by atoms with Crippen LogP contribution in [0.25, 0.3) is 0 Å². The Morgan fingerprint density at radius 1 is 1.10 bits per heavy atom. The zero-order valence-corrected chi connectivity index (χ0v) is 14.6. The summed E-state index contributed by atoms with van der Waals surface area (Å²) in [5.74, 6) is 1.72. The van der Waals surface area contributed by atoms with Gasteiger partial charge in [-0.15, -0.1) is 0 Å². The Balaban J connectivity index is 1.57. The maximum Gasteiger partial charge on any atom is 0.0637 e. The molecule has 4 unspecified atom stereocenters. The molecule has 3 fully saturated rings. The van der Waals surface area contributed by atoms with E-state index in [1.807, 2.05) is 0 Å². The first-order chi connectivity index (χ1) is 9.99. The number of hydrogen-bond acceptors (Lipinski definition) is 2. The van der Waals surface area contributed by atoms with Gasteiger partial charge in [-0.25, -0.2) is 0 Å². The maximum absolute atomic E-state index is 6.52. The van der Waals surface area contributed by atoms with Crippen molar-refractivity contribution in [1.29, 1.82) is 0 Å². The third kappa shape index (κ3) is 2.57. The average molecular weight is 293 g/mol. The fourth-order valence-electron chi connectivity index (χ4n) is 5.59. The first-order valence-electron chi connectivity index (χ1n) is 9.28. The van der Waals surface area contributed by atoms with Crippen molar-refractivity contribution in [3.63, 3.8) is 0 Å². The first-order valence-corrected chi connectivity index (χ1v) is 9.28. The van der Waals surface area contributed by atoms with Crippen LogP contribution < -0.4 is 5.32 Å². The minimum absolute atomic E-state index is 0.405. The highest BCUT2D eigenvalue weighted by molar-refractivity contribution is 5.11. The molecule has 2 nitrogen and oxygen atoms in total. The Morgan fingerprint density at radius 3 is 2.33 bits per heavy atom. The van der Waals surface area contributed by atoms with E-state index in [0.29, 0.717) is 23.0 Å². The van der Waals surface area contributed by atoms with Crippen LogP contribution in [0.5, 0.6) is 0 Å². The van der Waals surface area contributed by atoms with Crippen molar-refractivity contribution in [3.05, 3.63) is 0 Å². The molecule has 4 atom stereocenters. The summed E-state index contributed by atoms with van der Waals surface area (Å²) in [5, 5.41) is 3.55. The molecule has 3 aliphatic rings. The quantitative estimate of drug-likeness (QED) is 0.812. The molecule has 0 aromatic carbocycles. The lowest BCUT2D eigenvalue weighted by Crippen LogP contribution is -2.43. The molecule has 0 aromatic rings. The molecule has 0 saturated heterocycles. The van der Waals surface area contributed by atoms with Gasteiger partial charge in [0.05, 0.1) is 12.7 Å². The van der Waals surface area contributed by atoms with Gasteiger partial charge in [0, 0.05) is 6.04 Å². The Morgan fingerprint density at radius 2 is 1.81 bits per heavy atom. The van der Waals surface area contributed by atoms with Gasteiger partial charge in [-0.05, 0) is 61.8 Å². The molecule has 122 valence electrons. The largest absolute Gasteiger partial charge is 0.376 e. The van der Waals surface area contributed by atoms with Gasteiger partial charge < -0.3 is 10.1 Å². The minimum atomic E-state index is 0.405. The van der Waals surface area contributed by atoms with Crippen LogP contribution in [0.4, 0.5) is 0 Å². The summed E-state index contributed by atoms with van der Waals surface area (Å²) in [7, 11) is 2.12. The van der Waals surface area contributed by atoms with E-state index in [9.17, 15) is 0 Å². The van der Waals surface area contributed by atoms with Crippen LogP contribution in [0.2, 0.25) is 0 Å². The van der Waals surface area contributed by atoms with Gasteiger partial charge in [0.25, 0.3) is 0 Å². The molecule has 1 N–H and O–H groups in total. The topological polar surface area (TPSA) is 21.3 Å². The first kappa shape index (κ1) is 15.8. The lowest BCUT2D eigenvalue weighted by molar-refractivity contribution is -0.0587. The minimum Gasteiger partial charge on any atom is -0.376 e. The molecule has 3 rings (SSSR count). The van der Waals surface area contributed by atoms with Gasteiger partial charge in [-0.1, -0.05) is 40.0 Å². The van der Waals surface area contributed by atoms with Crippen molar-refractivity contribution in [2.45, 2.75) is 84.3 Å². The number of rotatable bonds is 5. The van der Waals surface area contributed by atoms with Crippen molar-refractivity contribution in [3.8, 4) is 0 Å². The molecule has 2 bridgehead atoms. The average Bonchev–Trinajstić information content (AvgIpc) is 2.82. The number of ether oxygens (including phenoxy) is 1. The second-order valence-corrected chi connectivity index (χ2v) is 8.73. The molecule has 21 heavy (non-hydrogen) atoms. The van der Waals surface area contributed by atoms with Gasteiger partial charge >= 0.3 is 0 Å². The molecule has 0 aromatic heterocycles. The molecule has 2 heteroatoms. The lowest BCUT2D eigenvalue weighted by Gasteiger charge is -2.40. The Labute approximate surface area is 131 Å². The molecule has 0 spiro atoms. The predicted octanol–water partition coefficient (Wildman–Crippen LogP) is 4.39. The molecule has 0 radical (unpaired) electrons. The van der Waals surface area contributed by atoms with Crippen LogP contribution in [0.1, 0.15) is 72.1 Å². The highest BCUT2D eigenvalue weighted by Crippen LogP contribution is 2.66. The number of likely N-dealkylation sites (N-methyl/N-ethyl adjacent to an activating group) is 1. The smallest absolute Gasteiger partial charge is 0.0637 e. The second kappa shape index (κ2) is 5.85. The van der Waals surface area contributed by atoms with Crippen molar-refractivity contribution in [1.82, 2.24) is 5.32 Å². The van der Waals surface area contributed by atoms with E-state index in [0.717, 1.165) is 18.4 Å². The summed E-state index contributed by atoms with van der Waals surface area (Å²) in [6.45, 7) is 8.36. The second-order valence-electron chi connectivity index (χ2n) is 8.73. The van der Waals surface area contributed by atoms with E-state index in [1.165, 1.54) is 51.4 Å². The van der Waals surface area contributed by atoms with E-state index in [2.05, 4.69) is 33.1 Å². The van der Waals surface area contributed by atoms with E-state index >= 15 is 0 Å². The Hall–Kier alpha value is -0.0800. The zero-order valence-electron chi connectivity index (χ0n) is 14.6. The SMILES string of the molecule is CNC(COC1CC2CCC1(C)C2(C)C)C1CCCCC1. The lowest BCUT2D eigenvalue weighted by atomic mass is 9.70. The van der Waals surface area contributed by atoms with Gasteiger partial charge in [0.2, 0.25) is 0 Å². The molecule has 0 amide bonds. The zero-order chi connectivity index (χ0) is 15.1. The highest BCUT2D eigenvalue weighted by atomic mass is 16.5. The fraction of sp³-hybridized carbons (Fsp3) is 1.00. The maximum atomic E-state index is 6.52. The molecular formula is C19H35NO. The summed E-state index contributed by atoms with van der Waals surface area (Å²) >= 11 is 0. The van der Waals surface area contributed by atoms with Gasteiger partial charge in [-0.2, -0.15) is 0 Å². The van der Waals surface area contributed by atoms with Crippen molar-refractivity contribution >= 4 is 0 Å². The summed E-state index contributed by atoms with van der Waals surface area (Å²) < 4.78 is 6.52. The van der Waals surface area contributed by atoms with Gasteiger partial charge in [-0.3, -0.25) is 0 Å². The predicted molar refractivity (Wildman–Crippen MR) is 88.4 cm³/mol. The van der Waals surface area contributed by atoms with Crippen molar-refractivity contribution in [2.24, 2.45) is 22.7 Å². The summed E-state index contributed by atoms with van der Waals surface area (Å²) in [6.07, 6.45) is 11.6. The van der Waals surface area contributed by atoms with Crippen molar-refractivity contribution in [2.75, 3.05) is 13.7 Å². The standard InChI is InChI=1S/C19H35NO/c1-18(2)15-10-11-19(18,3)17(12-15)21-13-16(20-4)14-8-6-5-7-9-14/h14-17,20H,5-13H2,1-4H3. The van der Waals surface area contributed by atoms with E-state index in [-0.39, 0.29) is 0 Å². The summed E-state index contributed by atoms with van der Waals surface area (Å²) in [4.78, 5) is 0. The third-order valence-corrected chi connectivity index (χ3v) is 7.78. The Kier molecular flexibility index (Phi) is 4.40. The third-order valence-electron chi connectivity index (χ3n) is 7.78. The van der Waals surface area contributed by atoms with Gasteiger partial charge in [0.1, 0.15) is 0 Å². The number of fused-ring (bicyclic) bond motifs is 2. The van der Waals surface area contributed by atoms with Crippen LogP contribution in [0, 0.1) is 22.7 Å². The van der Waals surface area contributed by atoms with E-state index in [4.69, 9.17) is 4.74 Å². The van der Waals surface area contributed by atoms with Crippen LogP contribution >= 0.6 is 0 Å². The normalized spacial score (nSPS) is 40.6. The van der Waals surface area contributed by atoms with Gasteiger partial charge in [0.15, 0.2) is 0 Å². The van der Waals surface area contributed by atoms with Crippen LogP contribution in [0.3, 0.4) is 0 Å². The molecule has 3 aliphatic carbocycles. The number of nitrogens with one attached hydrogen (secondary N) is 1. The summed E-state index contributed by atoms with van der Waals surface area (Å²) in [5.41, 5.74) is 0.875. The Bertz CT molecular complexity index is 361. The number of hydrogen-bond donors (Lipinski definition) is 1. The van der Waals surface area contributed by atoms with Crippen LogP contribution in [0.15, 0.2) is 0 Å². The molecule has 3 saturated carbocycles. The highest BCUT2D eigenvalue weighted by Gasteiger charge is 2.61. The molecule has 0 aliphatic heterocycles. The summed E-state index contributed by atoms with van der Waals surface area (Å²) in [6, 6.07) is 0.566. The fourth-order valence-corrected chi connectivity index (χ4v) is 5.59. The van der Waals surface area contributed by atoms with Crippen LogP contribution in [-0.2, 0) is 4.74 Å². The van der Waals surface area contributed by atoms with E-state index < -0.39 is 0 Å². The molecular weight excluding hydrogens is 258 g/mol.